The third-order valence-electron chi connectivity index (χ3n) is 4.73. The van der Waals surface area contributed by atoms with Gasteiger partial charge in [0.1, 0.15) is 5.82 Å². The second-order valence-corrected chi connectivity index (χ2v) is 8.41. The van der Waals surface area contributed by atoms with Gasteiger partial charge in [-0.25, -0.2) is 0 Å². The second kappa shape index (κ2) is 6.87. The van der Waals surface area contributed by atoms with Crippen molar-refractivity contribution in [1.29, 1.82) is 0 Å². The number of hydrogen-bond acceptors (Lipinski definition) is 5. The van der Waals surface area contributed by atoms with E-state index in [0.717, 1.165) is 11.0 Å². The highest BCUT2D eigenvalue weighted by atomic mass is 32.2. The molecule has 1 aromatic carbocycles. The lowest BCUT2D eigenvalue weighted by Crippen LogP contribution is -2.23. The van der Waals surface area contributed by atoms with Crippen LogP contribution in [0.4, 0.5) is 5.69 Å². The van der Waals surface area contributed by atoms with Gasteiger partial charge >= 0.3 is 0 Å². The van der Waals surface area contributed by atoms with E-state index in [9.17, 15) is 9.59 Å². The predicted octanol–water partition coefficient (Wildman–Crippen LogP) is 3.81. The molecule has 136 valence electrons. The van der Waals surface area contributed by atoms with Crippen LogP contribution in [0.1, 0.15) is 67.7 Å². The average Bonchev–Trinajstić information content (AvgIpc) is 3.54. The summed E-state index contributed by atoms with van der Waals surface area (Å²) in [6.45, 7) is 3.39. The Morgan fingerprint density at radius 2 is 2.00 bits per heavy atom. The normalized spacial score (nSPS) is 17.8. The molecule has 7 heteroatoms. The van der Waals surface area contributed by atoms with Crippen LogP contribution in [0.2, 0.25) is 0 Å². The lowest BCUT2D eigenvalue weighted by atomic mass is 10.1. The fourth-order valence-electron chi connectivity index (χ4n) is 2.94. The van der Waals surface area contributed by atoms with Gasteiger partial charge in [0, 0.05) is 23.2 Å². The Bertz CT molecular complexity index is 855. The zero-order chi connectivity index (χ0) is 18.3. The number of ketones is 1. The van der Waals surface area contributed by atoms with Gasteiger partial charge in [-0.15, -0.1) is 10.2 Å². The third-order valence-corrected chi connectivity index (χ3v) is 5.79. The van der Waals surface area contributed by atoms with Gasteiger partial charge in [-0.05, 0) is 51.7 Å². The number of nitrogens with one attached hydrogen (secondary N) is 1. The molecule has 1 N–H and O–H groups in total. The predicted molar refractivity (Wildman–Crippen MR) is 101 cm³/mol. The second-order valence-electron chi connectivity index (χ2n) is 7.10. The first-order valence-electron chi connectivity index (χ1n) is 9.06. The number of aromatic nitrogens is 3. The van der Waals surface area contributed by atoms with Crippen LogP contribution in [0.25, 0.3) is 0 Å². The first-order chi connectivity index (χ1) is 12.5. The zero-order valence-corrected chi connectivity index (χ0v) is 15.8. The summed E-state index contributed by atoms with van der Waals surface area (Å²) in [5, 5.41) is 12.2. The molecule has 1 heterocycles. The van der Waals surface area contributed by atoms with E-state index in [1.807, 2.05) is 6.92 Å². The summed E-state index contributed by atoms with van der Waals surface area (Å²) in [6.07, 6.45) is 4.73. The van der Waals surface area contributed by atoms with Crippen molar-refractivity contribution in [3.8, 4) is 0 Å². The summed E-state index contributed by atoms with van der Waals surface area (Å²) in [5.41, 5.74) is 1.23. The van der Waals surface area contributed by atoms with Crippen molar-refractivity contribution < 1.29 is 9.59 Å². The molecular formula is C19H22N4O2S. The molecule has 2 fully saturated rings. The number of hydrogen-bond donors (Lipinski definition) is 1. The molecule has 26 heavy (non-hydrogen) atoms. The number of thioether (sulfide) groups is 1. The summed E-state index contributed by atoms with van der Waals surface area (Å²) >= 11 is 1.45. The van der Waals surface area contributed by atoms with E-state index in [0.29, 0.717) is 23.2 Å². The molecule has 2 saturated carbocycles. The number of anilines is 1. The van der Waals surface area contributed by atoms with Crippen molar-refractivity contribution in [2.45, 2.75) is 61.9 Å². The summed E-state index contributed by atoms with van der Waals surface area (Å²) in [6, 6.07) is 7.52. The molecular weight excluding hydrogens is 348 g/mol. The molecule has 1 atom stereocenters. The number of rotatable bonds is 7. The molecule has 0 aliphatic heterocycles. The molecule has 6 nitrogen and oxygen atoms in total. The van der Waals surface area contributed by atoms with E-state index in [-0.39, 0.29) is 16.9 Å². The van der Waals surface area contributed by atoms with Crippen molar-refractivity contribution in [2.75, 3.05) is 5.32 Å². The van der Waals surface area contributed by atoms with Gasteiger partial charge in [0.05, 0.1) is 5.25 Å². The fourth-order valence-corrected chi connectivity index (χ4v) is 3.86. The molecule has 0 bridgehead atoms. The van der Waals surface area contributed by atoms with Crippen LogP contribution in [-0.2, 0) is 4.79 Å². The van der Waals surface area contributed by atoms with Gasteiger partial charge in [-0.2, -0.15) is 0 Å². The Morgan fingerprint density at radius 1 is 1.23 bits per heavy atom. The van der Waals surface area contributed by atoms with Gasteiger partial charge in [0.25, 0.3) is 0 Å². The largest absolute Gasteiger partial charge is 0.325 e. The van der Waals surface area contributed by atoms with Crippen LogP contribution >= 0.6 is 11.8 Å². The Kier molecular flexibility index (Phi) is 4.56. The topological polar surface area (TPSA) is 76.9 Å². The standard InChI is InChI=1S/C19H22N4O2S/c1-11(24)14-4-3-5-15(10-14)20-18(25)12(2)26-19-22-21-17(13-6-7-13)23(19)16-8-9-16/h3-5,10,12-13,16H,6-9H2,1-2H3,(H,20,25)/t12-/m1/s1. The summed E-state index contributed by atoms with van der Waals surface area (Å²) in [5.74, 6) is 1.52. The van der Waals surface area contributed by atoms with Gasteiger partial charge < -0.3 is 9.88 Å². The maximum atomic E-state index is 12.6. The lowest BCUT2D eigenvalue weighted by molar-refractivity contribution is -0.115. The quantitative estimate of drug-likeness (QED) is 0.592. The van der Waals surface area contributed by atoms with Crippen molar-refractivity contribution in [3.05, 3.63) is 35.7 Å². The molecule has 2 aliphatic rings. The van der Waals surface area contributed by atoms with Gasteiger partial charge in [-0.3, -0.25) is 9.59 Å². The molecule has 0 unspecified atom stereocenters. The number of nitrogens with zero attached hydrogens (tertiary/aromatic N) is 3. The maximum absolute atomic E-state index is 12.6. The van der Waals surface area contributed by atoms with Gasteiger partial charge in [0.15, 0.2) is 10.9 Å². The van der Waals surface area contributed by atoms with Crippen LogP contribution in [0, 0.1) is 0 Å². The summed E-state index contributed by atoms with van der Waals surface area (Å²) < 4.78 is 2.25. The molecule has 1 aromatic heterocycles. The minimum atomic E-state index is -0.301. The molecule has 2 aromatic rings. The molecule has 0 saturated heterocycles. The van der Waals surface area contributed by atoms with Crippen LogP contribution in [0.5, 0.6) is 0 Å². The van der Waals surface area contributed by atoms with Crippen molar-refractivity contribution >= 4 is 29.1 Å². The highest BCUT2D eigenvalue weighted by Gasteiger charge is 2.37. The number of carbonyl (C=O) groups is 2. The van der Waals surface area contributed by atoms with Crippen LogP contribution < -0.4 is 5.32 Å². The Labute approximate surface area is 156 Å². The van der Waals surface area contributed by atoms with E-state index in [4.69, 9.17) is 0 Å². The Morgan fingerprint density at radius 3 is 2.65 bits per heavy atom. The van der Waals surface area contributed by atoms with Crippen molar-refractivity contribution in [2.24, 2.45) is 0 Å². The first kappa shape index (κ1) is 17.3. The van der Waals surface area contributed by atoms with Crippen molar-refractivity contribution in [3.63, 3.8) is 0 Å². The number of Topliss-reactive ketones (excluding diaryl/α,β-unsaturated/α-hetero) is 1. The lowest BCUT2D eigenvalue weighted by Gasteiger charge is -2.13. The zero-order valence-electron chi connectivity index (χ0n) is 14.9. The maximum Gasteiger partial charge on any atom is 0.237 e. The number of carbonyl (C=O) groups excluding carboxylic acids is 2. The van der Waals surface area contributed by atoms with Gasteiger partial charge in [0.2, 0.25) is 5.91 Å². The monoisotopic (exact) mass is 370 g/mol. The smallest absolute Gasteiger partial charge is 0.237 e. The number of amides is 1. The Balaban J connectivity index is 1.45. The van der Waals surface area contributed by atoms with Gasteiger partial charge in [-0.1, -0.05) is 23.9 Å². The van der Waals surface area contributed by atoms with Crippen LogP contribution in [-0.4, -0.2) is 31.7 Å². The number of benzene rings is 1. The molecule has 4 rings (SSSR count). The summed E-state index contributed by atoms with van der Waals surface area (Å²) in [4.78, 5) is 24.1. The minimum Gasteiger partial charge on any atom is -0.325 e. The highest BCUT2D eigenvalue weighted by molar-refractivity contribution is 8.00. The molecule has 2 aliphatic carbocycles. The van der Waals surface area contributed by atoms with Crippen LogP contribution in [0.15, 0.2) is 29.4 Å². The van der Waals surface area contributed by atoms with E-state index in [2.05, 4.69) is 20.1 Å². The van der Waals surface area contributed by atoms with E-state index >= 15 is 0 Å². The summed E-state index contributed by atoms with van der Waals surface area (Å²) in [7, 11) is 0. The molecule has 1 amide bonds. The van der Waals surface area contributed by atoms with E-state index in [1.54, 1.807) is 24.3 Å². The molecule has 0 spiro atoms. The fraction of sp³-hybridized carbons (Fsp3) is 0.474. The minimum absolute atomic E-state index is 0.0198. The van der Waals surface area contributed by atoms with E-state index in [1.165, 1.54) is 44.4 Å². The van der Waals surface area contributed by atoms with Crippen molar-refractivity contribution in [1.82, 2.24) is 14.8 Å². The van der Waals surface area contributed by atoms with Crippen LogP contribution in [0.3, 0.4) is 0 Å². The molecule has 0 radical (unpaired) electrons. The third kappa shape index (κ3) is 3.67. The Hall–Kier alpha value is -2.15. The van der Waals surface area contributed by atoms with E-state index < -0.39 is 0 Å². The SMILES string of the molecule is CC(=O)c1cccc(NC(=O)[C@@H](C)Sc2nnc(C3CC3)n2C2CC2)c1. The highest BCUT2D eigenvalue weighted by Crippen LogP contribution is 2.46. The first-order valence-corrected chi connectivity index (χ1v) is 9.94. The average molecular weight is 370 g/mol.